The number of hydrogen-bond acceptors (Lipinski definition) is 4. The van der Waals surface area contributed by atoms with E-state index in [0.29, 0.717) is 5.28 Å². The van der Waals surface area contributed by atoms with Crippen molar-refractivity contribution in [1.29, 1.82) is 0 Å². The molecule has 21 heavy (non-hydrogen) atoms. The van der Waals surface area contributed by atoms with Crippen molar-refractivity contribution in [3.05, 3.63) is 16.2 Å². The molecule has 1 saturated carbocycles. The van der Waals surface area contributed by atoms with Crippen molar-refractivity contribution < 1.29 is 0 Å². The number of aromatic nitrogens is 2. The van der Waals surface area contributed by atoms with Crippen LogP contribution in [0.15, 0.2) is 6.07 Å². The highest BCUT2D eigenvalue weighted by Gasteiger charge is 2.20. The van der Waals surface area contributed by atoms with Crippen LogP contribution >= 0.6 is 22.9 Å². The van der Waals surface area contributed by atoms with Crippen LogP contribution in [0.1, 0.15) is 43.9 Å². The summed E-state index contributed by atoms with van der Waals surface area (Å²) in [5.41, 5.74) is 0. The molecule has 0 amide bonds. The van der Waals surface area contributed by atoms with E-state index in [1.807, 2.05) is 0 Å². The Labute approximate surface area is 135 Å². The van der Waals surface area contributed by atoms with Crippen molar-refractivity contribution in [3.63, 3.8) is 0 Å². The third-order valence-electron chi connectivity index (χ3n) is 4.59. The monoisotopic (exact) mass is 323 g/mol. The quantitative estimate of drug-likeness (QED) is 0.778. The molecule has 2 heterocycles. The smallest absolute Gasteiger partial charge is 0.225 e. The first-order valence-corrected chi connectivity index (χ1v) is 9.02. The van der Waals surface area contributed by atoms with Crippen molar-refractivity contribution >= 4 is 39.0 Å². The summed E-state index contributed by atoms with van der Waals surface area (Å²) >= 11 is 7.71. The molecule has 0 saturated heterocycles. The van der Waals surface area contributed by atoms with Gasteiger partial charge in [0.05, 0.1) is 5.39 Å². The number of hydrogen-bond donors (Lipinski definition) is 1. The highest BCUT2D eigenvalue weighted by atomic mass is 35.5. The fourth-order valence-electron chi connectivity index (χ4n) is 3.24. The fraction of sp³-hybridized carbons (Fsp3) is 0.625. The molecule has 0 aliphatic heterocycles. The standard InChI is InChI=1S/C16H22ClN3S/c1-3-11-4-6-12(7-5-11)9-18-14-13-8-10(2)21-15(13)20-16(17)19-14/h8,11-12H,3-7,9H2,1-2H3,(H,18,19,20). The molecule has 3 nitrogen and oxygen atoms in total. The Bertz CT molecular complexity index is 617. The molecule has 2 aromatic heterocycles. The van der Waals surface area contributed by atoms with Gasteiger partial charge in [0.25, 0.3) is 0 Å². The second-order valence-electron chi connectivity index (χ2n) is 6.09. The molecular formula is C16H22ClN3S. The summed E-state index contributed by atoms with van der Waals surface area (Å²) in [6, 6.07) is 2.15. The molecular weight excluding hydrogens is 302 g/mol. The van der Waals surface area contributed by atoms with Gasteiger partial charge in [-0.05, 0) is 49.3 Å². The molecule has 0 bridgehead atoms. The van der Waals surface area contributed by atoms with E-state index in [9.17, 15) is 0 Å². The normalized spacial score (nSPS) is 22.6. The lowest BCUT2D eigenvalue weighted by Gasteiger charge is -2.28. The molecule has 1 aliphatic rings. The number of thiophene rings is 1. The minimum atomic E-state index is 0.335. The molecule has 0 atom stereocenters. The number of aryl methyl sites for hydroxylation is 1. The van der Waals surface area contributed by atoms with Crippen LogP contribution in [0.5, 0.6) is 0 Å². The van der Waals surface area contributed by atoms with E-state index in [0.717, 1.165) is 34.4 Å². The van der Waals surface area contributed by atoms with Crippen molar-refractivity contribution in [2.75, 3.05) is 11.9 Å². The molecule has 0 aromatic carbocycles. The van der Waals surface area contributed by atoms with Crippen molar-refractivity contribution in [2.45, 2.75) is 46.0 Å². The zero-order chi connectivity index (χ0) is 14.8. The topological polar surface area (TPSA) is 37.8 Å². The predicted octanol–water partition coefficient (Wildman–Crippen LogP) is 5.28. The number of nitrogens with one attached hydrogen (secondary N) is 1. The fourth-order valence-corrected chi connectivity index (χ4v) is 4.33. The van der Waals surface area contributed by atoms with Crippen LogP contribution < -0.4 is 5.32 Å². The van der Waals surface area contributed by atoms with Gasteiger partial charge in [-0.1, -0.05) is 26.2 Å². The maximum atomic E-state index is 6.04. The van der Waals surface area contributed by atoms with Gasteiger partial charge in [-0.3, -0.25) is 0 Å². The van der Waals surface area contributed by atoms with Crippen LogP contribution in [-0.2, 0) is 0 Å². The van der Waals surface area contributed by atoms with Crippen LogP contribution in [-0.4, -0.2) is 16.5 Å². The summed E-state index contributed by atoms with van der Waals surface area (Å²) in [4.78, 5) is 10.9. The summed E-state index contributed by atoms with van der Waals surface area (Å²) in [5.74, 6) is 2.60. The van der Waals surface area contributed by atoms with Gasteiger partial charge in [0.1, 0.15) is 10.6 Å². The van der Waals surface area contributed by atoms with Gasteiger partial charge >= 0.3 is 0 Å². The number of fused-ring (bicyclic) bond motifs is 1. The molecule has 1 N–H and O–H groups in total. The lowest BCUT2D eigenvalue weighted by molar-refractivity contribution is 0.278. The molecule has 1 fully saturated rings. The number of nitrogens with zero attached hydrogens (tertiary/aromatic N) is 2. The number of halogens is 1. The summed E-state index contributed by atoms with van der Waals surface area (Å²) < 4.78 is 0. The second kappa shape index (κ2) is 6.49. The zero-order valence-electron chi connectivity index (χ0n) is 12.7. The van der Waals surface area contributed by atoms with Crippen molar-refractivity contribution in [3.8, 4) is 0 Å². The van der Waals surface area contributed by atoms with Crippen LogP contribution in [0.3, 0.4) is 0 Å². The average molecular weight is 324 g/mol. The Balaban J connectivity index is 1.68. The minimum Gasteiger partial charge on any atom is -0.369 e. The molecule has 0 radical (unpaired) electrons. The van der Waals surface area contributed by atoms with E-state index in [4.69, 9.17) is 11.6 Å². The van der Waals surface area contributed by atoms with Crippen molar-refractivity contribution in [2.24, 2.45) is 11.8 Å². The molecule has 5 heteroatoms. The SMILES string of the molecule is CCC1CCC(CNc2nc(Cl)nc3sc(C)cc23)CC1. The predicted molar refractivity (Wildman–Crippen MR) is 91.4 cm³/mol. The summed E-state index contributed by atoms with van der Waals surface area (Å²) in [5, 5.41) is 4.95. The van der Waals surface area contributed by atoms with Gasteiger partial charge in [-0.25, -0.2) is 9.97 Å². The minimum absolute atomic E-state index is 0.335. The maximum Gasteiger partial charge on any atom is 0.225 e. The molecule has 114 valence electrons. The van der Waals surface area contributed by atoms with Crippen LogP contribution in [0, 0.1) is 18.8 Å². The largest absolute Gasteiger partial charge is 0.369 e. The Kier molecular flexibility index (Phi) is 4.65. The highest BCUT2D eigenvalue weighted by Crippen LogP contribution is 2.32. The second-order valence-corrected chi connectivity index (χ2v) is 7.67. The van der Waals surface area contributed by atoms with E-state index < -0.39 is 0 Å². The average Bonchev–Trinajstić information content (AvgIpc) is 2.85. The Hall–Kier alpha value is -0.870. The van der Waals surface area contributed by atoms with Crippen LogP contribution in [0.4, 0.5) is 5.82 Å². The van der Waals surface area contributed by atoms with Crippen LogP contribution in [0.2, 0.25) is 5.28 Å². The van der Waals surface area contributed by atoms with E-state index in [1.54, 1.807) is 11.3 Å². The number of anilines is 1. The van der Waals surface area contributed by atoms with E-state index >= 15 is 0 Å². The lowest BCUT2D eigenvalue weighted by Crippen LogP contribution is -2.21. The molecule has 0 spiro atoms. The first-order chi connectivity index (χ1) is 10.2. The Morgan fingerprint density at radius 1 is 1.24 bits per heavy atom. The van der Waals surface area contributed by atoms with Gasteiger partial charge in [0.2, 0.25) is 5.28 Å². The Morgan fingerprint density at radius 3 is 2.67 bits per heavy atom. The van der Waals surface area contributed by atoms with Crippen molar-refractivity contribution in [1.82, 2.24) is 9.97 Å². The van der Waals surface area contributed by atoms with Crippen LogP contribution in [0.25, 0.3) is 10.2 Å². The summed E-state index contributed by atoms with van der Waals surface area (Å²) in [7, 11) is 0. The Morgan fingerprint density at radius 2 is 1.95 bits per heavy atom. The van der Waals surface area contributed by atoms with Gasteiger partial charge in [0.15, 0.2) is 0 Å². The highest BCUT2D eigenvalue weighted by molar-refractivity contribution is 7.18. The number of rotatable bonds is 4. The first-order valence-electron chi connectivity index (χ1n) is 7.83. The van der Waals surface area contributed by atoms with E-state index in [2.05, 4.69) is 35.2 Å². The van der Waals surface area contributed by atoms with Gasteiger partial charge in [0, 0.05) is 11.4 Å². The third kappa shape index (κ3) is 3.49. The molecule has 0 unspecified atom stereocenters. The van der Waals surface area contributed by atoms with E-state index in [-0.39, 0.29) is 0 Å². The van der Waals surface area contributed by atoms with Gasteiger partial charge < -0.3 is 5.32 Å². The van der Waals surface area contributed by atoms with Gasteiger partial charge in [-0.15, -0.1) is 11.3 Å². The summed E-state index contributed by atoms with van der Waals surface area (Å²) in [6.45, 7) is 5.39. The summed E-state index contributed by atoms with van der Waals surface area (Å²) in [6.07, 6.45) is 6.74. The van der Waals surface area contributed by atoms with Gasteiger partial charge in [-0.2, -0.15) is 0 Å². The maximum absolute atomic E-state index is 6.04. The molecule has 2 aromatic rings. The third-order valence-corrected chi connectivity index (χ3v) is 5.70. The molecule has 1 aliphatic carbocycles. The zero-order valence-corrected chi connectivity index (χ0v) is 14.2. The lowest BCUT2D eigenvalue weighted by atomic mass is 9.81. The molecule has 3 rings (SSSR count). The van der Waals surface area contributed by atoms with E-state index in [1.165, 1.54) is 37.0 Å². The first kappa shape index (κ1) is 15.0.